The van der Waals surface area contributed by atoms with Gasteiger partial charge in [-0.3, -0.25) is 13.8 Å². The number of aromatic nitrogens is 1. The maximum absolute atomic E-state index is 14.3. The summed E-state index contributed by atoms with van der Waals surface area (Å²) >= 11 is 0. The van der Waals surface area contributed by atoms with Crippen molar-refractivity contribution in [2.45, 2.75) is 19.4 Å². The van der Waals surface area contributed by atoms with Gasteiger partial charge in [0.15, 0.2) is 0 Å². The molecule has 0 saturated carbocycles. The van der Waals surface area contributed by atoms with E-state index in [1.807, 2.05) is 73.0 Å². The van der Waals surface area contributed by atoms with E-state index in [1.165, 1.54) is 7.11 Å². The maximum atomic E-state index is 14.3. The Bertz CT molecular complexity index is 1090. The quantitative estimate of drug-likeness (QED) is 0.374. The molecular weight excluding hydrogens is 579 g/mol. The number of methoxy groups -OCH3 is 1. The van der Waals surface area contributed by atoms with Crippen LogP contribution in [0.2, 0.25) is 0 Å². The fourth-order valence-corrected chi connectivity index (χ4v) is 3.21. The topological polar surface area (TPSA) is 28.6 Å². The molecule has 0 spiro atoms. The normalized spacial score (nSPS) is 13.3. The average molecular weight is 600 g/mol. The van der Waals surface area contributed by atoms with Crippen molar-refractivity contribution in [3.63, 3.8) is 0 Å². The summed E-state index contributed by atoms with van der Waals surface area (Å²) in [7, 11) is 1.54. The molecule has 0 unspecified atom stereocenters. The number of hydrogen-bond donors (Lipinski definition) is 0. The zero-order chi connectivity index (χ0) is 21.3. The van der Waals surface area contributed by atoms with Crippen LogP contribution in [0.5, 0.6) is 5.75 Å². The zero-order valence-corrected chi connectivity index (χ0v) is 19.4. The van der Waals surface area contributed by atoms with Crippen molar-refractivity contribution in [3.05, 3.63) is 97.1 Å². The molecule has 0 saturated heterocycles. The first kappa shape index (κ1) is 23.0. The van der Waals surface area contributed by atoms with Crippen molar-refractivity contribution >= 4 is 5.69 Å². The smallest absolute Gasteiger partial charge is 0.113 e. The molecular formula is C24H20F2N3OPt-3. The molecule has 31 heavy (non-hydrogen) atoms. The van der Waals surface area contributed by atoms with Gasteiger partial charge in [-0.25, -0.2) is 0 Å². The number of rotatable bonds is 5. The van der Waals surface area contributed by atoms with Crippen molar-refractivity contribution in [2.75, 3.05) is 12.0 Å². The van der Waals surface area contributed by atoms with Crippen LogP contribution in [0.15, 0.2) is 60.9 Å². The molecule has 0 radical (unpaired) electrons. The van der Waals surface area contributed by atoms with E-state index in [0.29, 0.717) is 17.1 Å². The van der Waals surface area contributed by atoms with Crippen LogP contribution in [-0.4, -0.2) is 17.0 Å². The number of benzene rings is 2. The van der Waals surface area contributed by atoms with Crippen LogP contribution >= 0.6 is 0 Å². The summed E-state index contributed by atoms with van der Waals surface area (Å²) < 4.78 is 33.1. The number of nitrogens with zero attached hydrogens (tertiary/aromatic N) is 3. The molecule has 7 heteroatoms. The molecule has 164 valence electrons. The molecule has 3 aromatic rings. The Kier molecular flexibility index (Phi) is 6.80. The van der Waals surface area contributed by atoms with E-state index in [9.17, 15) is 8.78 Å². The summed E-state index contributed by atoms with van der Waals surface area (Å²) in [6.45, 7) is 5.95. The first-order chi connectivity index (χ1) is 14.4. The monoisotopic (exact) mass is 599 g/mol. The van der Waals surface area contributed by atoms with E-state index in [2.05, 4.69) is 17.1 Å². The number of halogens is 2. The molecule has 1 aromatic heterocycles. The first-order valence-electron chi connectivity index (χ1n) is 9.39. The van der Waals surface area contributed by atoms with Crippen LogP contribution in [0.4, 0.5) is 14.5 Å². The van der Waals surface area contributed by atoms with Crippen LogP contribution in [0.25, 0.3) is 11.3 Å². The molecule has 1 aliphatic heterocycles. The van der Waals surface area contributed by atoms with Crippen LogP contribution in [0, 0.1) is 30.4 Å². The van der Waals surface area contributed by atoms with Gasteiger partial charge >= 0.3 is 0 Å². The predicted molar refractivity (Wildman–Crippen MR) is 111 cm³/mol. The van der Waals surface area contributed by atoms with Gasteiger partial charge in [0.25, 0.3) is 0 Å². The zero-order valence-electron chi connectivity index (χ0n) is 17.2. The van der Waals surface area contributed by atoms with Gasteiger partial charge in [-0.05, 0) is 38.0 Å². The summed E-state index contributed by atoms with van der Waals surface area (Å²) in [5, 5.41) is 0. The number of ether oxygens (including phenoxy) is 1. The Morgan fingerprint density at radius 3 is 2.58 bits per heavy atom. The molecule has 1 aliphatic rings. The molecule has 2 heterocycles. The molecule has 4 rings (SSSR count). The van der Waals surface area contributed by atoms with Gasteiger partial charge in [0.05, 0.1) is 12.8 Å². The van der Waals surface area contributed by atoms with Gasteiger partial charge in [-0.2, -0.15) is 37.0 Å². The fourth-order valence-electron chi connectivity index (χ4n) is 3.21. The van der Waals surface area contributed by atoms with Gasteiger partial charge < -0.3 is 14.5 Å². The first-order valence-corrected chi connectivity index (χ1v) is 9.39. The van der Waals surface area contributed by atoms with E-state index in [1.54, 1.807) is 6.07 Å². The third kappa shape index (κ3) is 4.64. The fraction of sp³-hybridized carbons (Fsp3) is 0.167. The summed E-state index contributed by atoms with van der Waals surface area (Å²) in [6, 6.07) is 18.8. The second-order valence-electron chi connectivity index (χ2n) is 7.35. The third-order valence-electron chi connectivity index (χ3n) is 5.03. The molecule has 4 nitrogen and oxygen atoms in total. The summed E-state index contributed by atoms with van der Waals surface area (Å²) in [6.07, 6.45) is 3.87. The van der Waals surface area contributed by atoms with Crippen LogP contribution in [0.3, 0.4) is 0 Å². The van der Waals surface area contributed by atoms with E-state index in [0.717, 1.165) is 17.8 Å². The molecule has 0 N–H and O–H groups in total. The van der Waals surface area contributed by atoms with E-state index in [4.69, 9.17) is 4.74 Å². The van der Waals surface area contributed by atoms with Crippen molar-refractivity contribution in [1.29, 1.82) is 0 Å². The second-order valence-corrected chi connectivity index (χ2v) is 7.35. The minimum atomic E-state index is -0.724. The standard InChI is InChI=1S/C24H20F2N3O.Pt/c1-24(2,29-12-11-28(16-29)18-7-5-4-6-8-18)23-15-19(30-3)14-22(27-23)20-10-9-17(25)13-21(20)26;/h4-7,9,11-16H,1-3H3;/q-3;. The van der Waals surface area contributed by atoms with Gasteiger partial charge in [0.1, 0.15) is 5.75 Å². The molecule has 0 aliphatic carbocycles. The van der Waals surface area contributed by atoms with Crippen molar-refractivity contribution in [3.8, 4) is 17.0 Å². The van der Waals surface area contributed by atoms with Crippen LogP contribution in [-0.2, 0) is 26.6 Å². The maximum Gasteiger partial charge on any atom is 0.113 e. The minimum absolute atomic E-state index is 0. The Morgan fingerprint density at radius 2 is 1.90 bits per heavy atom. The third-order valence-corrected chi connectivity index (χ3v) is 5.03. The van der Waals surface area contributed by atoms with E-state index >= 15 is 0 Å². The largest absolute Gasteiger partial charge is 0.500 e. The van der Waals surface area contributed by atoms with Gasteiger partial charge in [0, 0.05) is 44.3 Å². The van der Waals surface area contributed by atoms with Gasteiger partial charge in [0.2, 0.25) is 0 Å². The van der Waals surface area contributed by atoms with Crippen LogP contribution < -0.4 is 9.64 Å². The van der Waals surface area contributed by atoms with E-state index in [-0.39, 0.29) is 26.6 Å². The van der Waals surface area contributed by atoms with Crippen LogP contribution in [0.1, 0.15) is 19.5 Å². The SMILES string of the molecule is COc1cc(-c2[c-]cc(F)cc2F)nc(C(C)(C)N2C=CN(c3[c-]cccc3)[CH-]2)c1.[Pt]. The van der Waals surface area contributed by atoms with Crippen molar-refractivity contribution in [1.82, 2.24) is 9.88 Å². The number of anilines is 1. The Hall–Kier alpha value is -2.72. The Morgan fingerprint density at radius 1 is 1.10 bits per heavy atom. The number of pyridine rings is 1. The predicted octanol–water partition coefficient (Wildman–Crippen LogP) is 5.28. The molecule has 2 aromatic carbocycles. The summed E-state index contributed by atoms with van der Waals surface area (Å²) in [5.41, 5.74) is 1.41. The van der Waals surface area contributed by atoms with Crippen molar-refractivity contribution in [2.24, 2.45) is 0 Å². The van der Waals surface area contributed by atoms with E-state index < -0.39 is 17.2 Å². The number of hydrogen-bond acceptors (Lipinski definition) is 4. The summed E-state index contributed by atoms with van der Waals surface area (Å²) in [5.74, 6) is -0.885. The number of para-hydroxylation sites is 1. The second kappa shape index (κ2) is 9.19. The van der Waals surface area contributed by atoms with Gasteiger partial charge in [-0.15, -0.1) is 17.8 Å². The molecule has 0 amide bonds. The molecule has 0 atom stereocenters. The Labute approximate surface area is 195 Å². The summed E-state index contributed by atoms with van der Waals surface area (Å²) in [4.78, 5) is 8.62. The molecule has 0 bridgehead atoms. The van der Waals surface area contributed by atoms with Crippen molar-refractivity contribution < 1.29 is 34.6 Å². The average Bonchev–Trinajstić information content (AvgIpc) is 3.25. The molecule has 0 fully saturated rings. The Balaban J connectivity index is 0.00000272. The van der Waals surface area contributed by atoms with Gasteiger partial charge in [-0.1, -0.05) is 11.6 Å². The minimum Gasteiger partial charge on any atom is -0.500 e.